The van der Waals surface area contributed by atoms with Crippen LogP contribution in [0.15, 0.2) is 36.5 Å². The standard InChI is InChI=1S/C17H16ClN3O3/c1-3-24-16-13(18)7-10(8-15(16)23-2)17(22)20-12-4-5-14-11(6-12)9-19-21-14/h4-9H,3H2,1-2H3,(H,19,21)(H,20,22). The zero-order valence-electron chi connectivity index (χ0n) is 13.2. The zero-order valence-corrected chi connectivity index (χ0v) is 14.0. The van der Waals surface area contributed by atoms with E-state index in [0.29, 0.717) is 34.4 Å². The van der Waals surface area contributed by atoms with E-state index >= 15 is 0 Å². The average molecular weight is 346 g/mol. The first-order chi connectivity index (χ1) is 11.6. The van der Waals surface area contributed by atoms with Gasteiger partial charge in [-0.05, 0) is 37.3 Å². The van der Waals surface area contributed by atoms with Crippen molar-refractivity contribution in [2.24, 2.45) is 0 Å². The summed E-state index contributed by atoms with van der Waals surface area (Å²) in [7, 11) is 1.50. The summed E-state index contributed by atoms with van der Waals surface area (Å²) in [5.41, 5.74) is 1.95. The number of nitrogens with one attached hydrogen (secondary N) is 2. The first-order valence-electron chi connectivity index (χ1n) is 7.37. The Morgan fingerprint density at radius 3 is 2.92 bits per heavy atom. The molecule has 0 saturated carbocycles. The number of aromatic nitrogens is 2. The van der Waals surface area contributed by atoms with Crippen LogP contribution in [0.5, 0.6) is 11.5 Å². The van der Waals surface area contributed by atoms with E-state index in [0.717, 1.165) is 10.9 Å². The molecule has 0 saturated heterocycles. The van der Waals surface area contributed by atoms with Crippen LogP contribution in [-0.2, 0) is 0 Å². The number of benzene rings is 2. The Kier molecular flexibility index (Phi) is 4.57. The Labute approximate surface area is 143 Å². The number of H-pyrrole nitrogens is 1. The number of methoxy groups -OCH3 is 1. The Morgan fingerprint density at radius 1 is 1.33 bits per heavy atom. The number of carbonyl (C=O) groups is 1. The predicted molar refractivity (Wildman–Crippen MR) is 93.2 cm³/mol. The van der Waals surface area contributed by atoms with Crippen LogP contribution in [-0.4, -0.2) is 29.8 Å². The van der Waals surface area contributed by atoms with E-state index in [1.807, 2.05) is 19.1 Å². The van der Waals surface area contributed by atoms with Crippen molar-refractivity contribution in [3.8, 4) is 11.5 Å². The molecule has 0 aliphatic carbocycles. The van der Waals surface area contributed by atoms with Gasteiger partial charge in [0, 0.05) is 16.6 Å². The second-order valence-corrected chi connectivity index (χ2v) is 5.46. The van der Waals surface area contributed by atoms with Gasteiger partial charge in [0.1, 0.15) is 0 Å². The summed E-state index contributed by atoms with van der Waals surface area (Å²) < 4.78 is 10.7. The van der Waals surface area contributed by atoms with Crippen LogP contribution in [0.25, 0.3) is 10.9 Å². The van der Waals surface area contributed by atoms with Crippen LogP contribution in [0.4, 0.5) is 5.69 Å². The van der Waals surface area contributed by atoms with Crippen molar-refractivity contribution in [1.82, 2.24) is 10.2 Å². The molecular weight excluding hydrogens is 330 g/mol. The van der Waals surface area contributed by atoms with Crippen LogP contribution in [0, 0.1) is 0 Å². The van der Waals surface area contributed by atoms with Gasteiger partial charge in [0.15, 0.2) is 11.5 Å². The first-order valence-corrected chi connectivity index (χ1v) is 7.75. The van der Waals surface area contributed by atoms with Gasteiger partial charge in [0.2, 0.25) is 0 Å². The maximum absolute atomic E-state index is 12.5. The first kappa shape index (κ1) is 16.1. The fraction of sp³-hybridized carbons (Fsp3) is 0.176. The molecule has 2 aromatic carbocycles. The molecule has 3 aromatic rings. The maximum atomic E-state index is 12.5. The van der Waals surface area contributed by atoms with Gasteiger partial charge >= 0.3 is 0 Å². The third kappa shape index (κ3) is 3.14. The smallest absolute Gasteiger partial charge is 0.255 e. The van der Waals surface area contributed by atoms with Gasteiger partial charge < -0.3 is 14.8 Å². The van der Waals surface area contributed by atoms with Crippen LogP contribution >= 0.6 is 11.6 Å². The lowest BCUT2D eigenvalue weighted by Gasteiger charge is -2.13. The van der Waals surface area contributed by atoms with Crippen LogP contribution in [0.1, 0.15) is 17.3 Å². The topological polar surface area (TPSA) is 76.2 Å². The lowest BCUT2D eigenvalue weighted by molar-refractivity contribution is 0.102. The highest BCUT2D eigenvalue weighted by atomic mass is 35.5. The molecule has 7 heteroatoms. The fourth-order valence-corrected chi connectivity index (χ4v) is 2.62. The number of ether oxygens (including phenoxy) is 2. The van der Waals surface area contributed by atoms with Gasteiger partial charge in [-0.1, -0.05) is 11.6 Å². The number of anilines is 1. The molecule has 0 aliphatic rings. The molecule has 3 rings (SSSR count). The number of amides is 1. The molecule has 0 radical (unpaired) electrons. The number of hydrogen-bond acceptors (Lipinski definition) is 4. The molecule has 1 aromatic heterocycles. The molecule has 0 aliphatic heterocycles. The summed E-state index contributed by atoms with van der Waals surface area (Å²) in [6.07, 6.45) is 1.70. The van der Waals surface area contributed by atoms with Crippen molar-refractivity contribution in [1.29, 1.82) is 0 Å². The quantitative estimate of drug-likeness (QED) is 0.735. The molecule has 2 N–H and O–H groups in total. The second kappa shape index (κ2) is 6.80. The highest BCUT2D eigenvalue weighted by molar-refractivity contribution is 6.32. The van der Waals surface area contributed by atoms with E-state index in [1.54, 1.807) is 24.4 Å². The van der Waals surface area contributed by atoms with E-state index in [2.05, 4.69) is 15.5 Å². The lowest BCUT2D eigenvalue weighted by atomic mass is 10.1. The number of rotatable bonds is 5. The second-order valence-electron chi connectivity index (χ2n) is 5.05. The van der Waals surface area contributed by atoms with Crippen molar-refractivity contribution < 1.29 is 14.3 Å². The van der Waals surface area contributed by atoms with E-state index in [4.69, 9.17) is 21.1 Å². The third-order valence-electron chi connectivity index (χ3n) is 3.48. The Balaban J connectivity index is 1.87. The number of nitrogens with zero attached hydrogens (tertiary/aromatic N) is 1. The summed E-state index contributed by atoms with van der Waals surface area (Å²) in [4.78, 5) is 12.5. The molecule has 124 valence electrons. The highest BCUT2D eigenvalue weighted by Crippen LogP contribution is 2.36. The molecule has 1 amide bonds. The largest absolute Gasteiger partial charge is 0.493 e. The number of carbonyl (C=O) groups excluding carboxylic acids is 1. The van der Waals surface area contributed by atoms with Crippen molar-refractivity contribution in [3.63, 3.8) is 0 Å². The molecule has 1 heterocycles. The lowest BCUT2D eigenvalue weighted by Crippen LogP contribution is -2.12. The van der Waals surface area contributed by atoms with Crippen molar-refractivity contribution >= 4 is 34.1 Å². The number of hydrogen-bond donors (Lipinski definition) is 2. The molecule has 24 heavy (non-hydrogen) atoms. The molecule has 0 unspecified atom stereocenters. The SMILES string of the molecule is CCOc1c(Cl)cc(C(=O)Nc2ccc3[nH]ncc3c2)cc1OC. The minimum atomic E-state index is -0.291. The van der Waals surface area contributed by atoms with Gasteiger partial charge in [-0.3, -0.25) is 9.89 Å². The van der Waals surface area contributed by atoms with E-state index < -0.39 is 0 Å². The minimum Gasteiger partial charge on any atom is -0.493 e. The molecule has 0 spiro atoms. The zero-order chi connectivity index (χ0) is 17.1. The van der Waals surface area contributed by atoms with Gasteiger partial charge in [-0.25, -0.2) is 0 Å². The monoisotopic (exact) mass is 345 g/mol. The summed E-state index contributed by atoms with van der Waals surface area (Å²) >= 11 is 6.21. The Morgan fingerprint density at radius 2 is 2.17 bits per heavy atom. The predicted octanol–water partition coefficient (Wildman–Crippen LogP) is 3.88. The summed E-state index contributed by atoms with van der Waals surface area (Å²) in [5.74, 6) is 0.555. The number of halogens is 1. The van der Waals surface area contributed by atoms with Crippen LogP contribution < -0.4 is 14.8 Å². The molecule has 6 nitrogen and oxygen atoms in total. The van der Waals surface area contributed by atoms with Crippen LogP contribution in [0.2, 0.25) is 5.02 Å². The van der Waals surface area contributed by atoms with Crippen LogP contribution in [0.3, 0.4) is 0 Å². The van der Waals surface area contributed by atoms with E-state index in [-0.39, 0.29) is 5.91 Å². The van der Waals surface area contributed by atoms with Gasteiger partial charge in [-0.2, -0.15) is 5.10 Å². The number of fused-ring (bicyclic) bond motifs is 1. The highest BCUT2D eigenvalue weighted by Gasteiger charge is 2.16. The molecule has 0 fully saturated rings. The van der Waals surface area contributed by atoms with Crippen molar-refractivity contribution in [2.45, 2.75) is 6.92 Å². The van der Waals surface area contributed by atoms with E-state index in [9.17, 15) is 4.79 Å². The van der Waals surface area contributed by atoms with Gasteiger partial charge in [-0.15, -0.1) is 0 Å². The number of aromatic amines is 1. The Bertz CT molecular complexity index is 892. The van der Waals surface area contributed by atoms with Crippen molar-refractivity contribution in [3.05, 3.63) is 47.1 Å². The normalized spacial score (nSPS) is 10.6. The van der Waals surface area contributed by atoms with Gasteiger partial charge in [0.25, 0.3) is 5.91 Å². The maximum Gasteiger partial charge on any atom is 0.255 e. The van der Waals surface area contributed by atoms with Crippen molar-refractivity contribution in [2.75, 3.05) is 19.0 Å². The molecule has 0 bridgehead atoms. The molecule has 0 atom stereocenters. The average Bonchev–Trinajstić information content (AvgIpc) is 3.04. The molecular formula is C17H16ClN3O3. The van der Waals surface area contributed by atoms with Gasteiger partial charge in [0.05, 0.1) is 30.5 Å². The summed E-state index contributed by atoms with van der Waals surface area (Å²) in [6.45, 7) is 2.30. The third-order valence-corrected chi connectivity index (χ3v) is 3.76. The minimum absolute atomic E-state index is 0.291. The fourth-order valence-electron chi connectivity index (χ4n) is 2.36. The Hall–Kier alpha value is -2.73. The van der Waals surface area contributed by atoms with E-state index in [1.165, 1.54) is 7.11 Å². The summed E-state index contributed by atoms with van der Waals surface area (Å²) in [5, 5.41) is 10.9. The summed E-state index contributed by atoms with van der Waals surface area (Å²) in [6, 6.07) is 8.64.